The summed E-state index contributed by atoms with van der Waals surface area (Å²) in [5, 5.41) is 29.6. The molecule has 4 saturated carbocycles. The Bertz CT molecular complexity index is 4120. The van der Waals surface area contributed by atoms with Gasteiger partial charge in [-0.2, -0.15) is 20.4 Å². The largest absolute Gasteiger partial charge is 0.342 e. The van der Waals surface area contributed by atoms with Crippen LogP contribution in [0.3, 0.4) is 0 Å². The fraction of sp³-hybridized carbons (Fsp3) is 0.487. The van der Waals surface area contributed by atoms with Gasteiger partial charge in [0.25, 0.3) is 36.5 Å². The molecule has 528 valence electrons. The highest BCUT2D eigenvalue weighted by Crippen LogP contribution is 2.65. The van der Waals surface area contributed by atoms with Crippen LogP contribution in [0.15, 0.2) is 122 Å². The van der Waals surface area contributed by atoms with Gasteiger partial charge in [-0.15, -0.1) is 0 Å². The summed E-state index contributed by atoms with van der Waals surface area (Å²) >= 11 is 12.5. The Morgan fingerprint density at radius 3 is 0.910 bits per heavy atom. The maximum absolute atomic E-state index is 13.3. The van der Waals surface area contributed by atoms with Gasteiger partial charge in [0.15, 0.2) is 0 Å². The van der Waals surface area contributed by atoms with Crippen LogP contribution in [-0.4, -0.2) is 62.8 Å². The van der Waals surface area contributed by atoms with Crippen LogP contribution in [-0.2, 0) is 50.3 Å². The Labute approximate surface area is 592 Å². The van der Waals surface area contributed by atoms with Gasteiger partial charge in [-0.3, -0.25) is 37.9 Å². The molecule has 0 saturated heterocycles. The number of carbonyl (C=O) groups excluding carboxylic acids is 4. The minimum Gasteiger partial charge on any atom is -0.342 e. The van der Waals surface area contributed by atoms with Crippen LogP contribution in [0.1, 0.15) is 264 Å². The topological polar surface area (TPSA) is 188 Å². The first-order chi connectivity index (χ1) is 48.1. The van der Waals surface area contributed by atoms with Gasteiger partial charge in [0.1, 0.15) is 21.7 Å². The first kappa shape index (κ1) is 70.3. The average Bonchev–Trinajstić information content (AvgIpc) is 1.57. The second-order valence-corrected chi connectivity index (χ2v) is 29.7. The minimum atomic E-state index is -2.77. The van der Waals surface area contributed by atoms with Crippen molar-refractivity contribution in [3.05, 3.63) is 210 Å². The van der Waals surface area contributed by atoms with Gasteiger partial charge in [-0.1, -0.05) is 174 Å². The SMILES string of the molecule is CCCC1C2CCC1(NC(=O)c1cn(C)nc1C(F)F)c1ccccc12.CCCC1C2CCC1(NC(=O)c1cn(C)nc1C(F)F)c1ccccc12.CCCC1C2CCC1(NC(=O)c1cnn(C)c1Cl)c1ccccc12.CCCC1C2CCC1(NC(=O)c1cnn(C)c1Cl)c1ccccc12. The van der Waals surface area contributed by atoms with Gasteiger partial charge in [-0.05, 0) is 169 Å². The van der Waals surface area contributed by atoms with Crippen molar-refractivity contribution in [3.8, 4) is 0 Å². The second-order valence-electron chi connectivity index (χ2n) is 29.0. The zero-order valence-electron chi connectivity index (χ0n) is 58.1. The van der Waals surface area contributed by atoms with Crippen molar-refractivity contribution in [3.63, 3.8) is 0 Å². The predicted molar refractivity (Wildman–Crippen MR) is 377 cm³/mol. The first-order valence-electron chi connectivity index (χ1n) is 35.8. The van der Waals surface area contributed by atoms with Crippen LogP contribution in [0, 0.1) is 23.7 Å². The molecule has 4 aromatic heterocycles. The molecule has 4 heterocycles. The Morgan fingerprint density at radius 2 is 0.680 bits per heavy atom. The van der Waals surface area contributed by atoms with Crippen LogP contribution < -0.4 is 21.3 Å². The minimum absolute atomic E-state index is 0.0278. The van der Waals surface area contributed by atoms with E-state index in [9.17, 15) is 36.7 Å². The van der Waals surface area contributed by atoms with Gasteiger partial charge < -0.3 is 21.3 Å². The summed E-state index contributed by atoms with van der Waals surface area (Å²) in [5.74, 6) is 2.44. The van der Waals surface area contributed by atoms with Crippen molar-refractivity contribution in [2.45, 2.75) is 189 Å². The van der Waals surface area contributed by atoms with Gasteiger partial charge in [0.05, 0.1) is 56.8 Å². The van der Waals surface area contributed by atoms with Crippen molar-refractivity contribution in [1.82, 2.24) is 60.4 Å². The van der Waals surface area contributed by atoms with E-state index in [2.05, 4.69) is 142 Å². The summed E-state index contributed by atoms with van der Waals surface area (Å²) < 4.78 is 58.7. The molecule has 0 aliphatic heterocycles. The highest BCUT2D eigenvalue weighted by atomic mass is 35.5. The Morgan fingerprint density at radius 1 is 0.430 bits per heavy atom. The number of hydrogen-bond donors (Lipinski definition) is 4. The van der Waals surface area contributed by atoms with E-state index >= 15 is 0 Å². The first-order valence-corrected chi connectivity index (χ1v) is 36.5. The predicted octanol–water partition coefficient (Wildman–Crippen LogP) is 16.6. The molecule has 0 spiro atoms. The van der Waals surface area contributed by atoms with Crippen LogP contribution >= 0.6 is 23.2 Å². The number of rotatable bonds is 18. The molecule has 16 nitrogen and oxygen atoms in total. The molecule has 8 aliphatic carbocycles. The summed E-state index contributed by atoms with van der Waals surface area (Å²) in [5.41, 5.74) is 8.89. The van der Waals surface area contributed by atoms with Crippen molar-refractivity contribution >= 4 is 46.8 Å². The Balaban J connectivity index is 0.000000120. The number of aryl methyl sites for hydroxylation is 4. The quantitative estimate of drug-likeness (QED) is 0.0611. The zero-order valence-corrected chi connectivity index (χ0v) is 59.6. The molecule has 100 heavy (non-hydrogen) atoms. The van der Waals surface area contributed by atoms with Crippen LogP contribution in [0.2, 0.25) is 10.3 Å². The number of benzene rings is 4. The third-order valence-corrected chi connectivity index (χ3v) is 24.7. The lowest BCUT2D eigenvalue weighted by molar-refractivity contribution is 0.0849. The summed E-state index contributed by atoms with van der Waals surface area (Å²) in [7, 11) is 6.59. The molecule has 4 aromatic carbocycles. The van der Waals surface area contributed by atoms with Crippen LogP contribution in [0.4, 0.5) is 17.6 Å². The highest BCUT2D eigenvalue weighted by molar-refractivity contribution is 6.33. The lowest BCUT2D eigenvalue weighted by atomic mass is 9.82. The van der Waals surface area contributed by atoms with E-state index in [0.29, 0.717) is 68.8 Å². The number of carbonyl (C=O) groups is 4. The molecule has 12 atom stereocenters. The molecular weight excluding hydrogens is 1320 g/mol. The van der Waals surface area contributed by atoms with E-state index in [1.165, 1.54) is 64.5 Å². The van der Waals surface area contributed by atoms with Gasteiger partial charge >= 0.3 is 0 Å². The Kier molecular flexibility index (Phi) is 19.7. The van der Waals surface area contributed by atoms with Gasteiger partial charge in [0, 0.05) is 40.6 Å². The molecule has 12 unspecified atom stereocenters. The third-order valence-electron chi connectivity index (χ3n) is 23.8. The summed E-state index contributed by atoms with van der Waals surface area (Å²) in [6.07, 6.45) is 17.0. The third kappa shape index (κ3) is 11.8. The number of nitrogens with zero attached hydrogens (tertiary/aromatic N) is 8. The zero-order chi connectivity index (χ0) is 70.7. The van der Waals surface area contributed by atoms with E-state index in [4.69, 9.17) is 23.2 Å². The lowest BCUT2D eigenvalue weighted by Gasteiger charge is -2.34. The second kappa shape index (κ2) is 28.0. The summed E-state index contributed by atoms with van der Waals surface area (Å²) in [4.78, 5) is 51.8. The fourth-order valence-corrected chi connectivity index (χ4v) is 20.4. The molecule has 8 bridgehead atoms. The summed E-state index contributed by atoms with van der Waals surface area (Å²) in [6.45, 7) is 8.73. The van der Waals surface area contributed by atoms with E-state index in [1.807, 2.05) is 24.3 Å². The maximum Gasteiger partial charge on any atom is 0.282 e. The van der Waals surface area contributed by atoms with Gasteiger partial charge in [-0.25, -0.2) is 17.6 Å². The molecule has 8 aromatic rings. The fourth-order valence-electron chi connectivity index (χ4n) is 20.0. The lowest BCUT2D eigenvalue weighted by Crippen LogP contribution is -2.47. The van der Waals surface area contributed by atoms with Crippen molar-refractivity contribution in [2.75, 3.05) is 0 Å². The Hall–Kier alpha value is -8.10. The van der Waals surface area contributed by atoms with Crippen LogP contribution in [0.25, 0.3) is 0 Å². The normalized spacial score (nSPS) is 26.8. The van der Waals surface area contributed by atoms with Crippen molar-refractivity contribution in [1.29, 1.82) is 0 Å². The average molecular weight is 1410 g/mol. The maximum atomic E-state index is 13.3. The highest BCUT2D eigenvalue weighted by Gasteiger charge is 2.61. The van der Waals surface area contributed by atoms with E-state index in [0.717, 1.165) is 114 Å². The molecule has 4 fully saturated rings. The van der Waals surface area contributed by atoms with Crippen LogP contribution in [0.5, 0.6) is 0 Å². The number of halogens is 6. The number of aromatic nitrogens is 8. The smallest absolute Gasteiger partial charge is 0.282 e. The molecule has 22 heteroatoms. The summed E-state index contributed by atoms with van der Waals surface area (Å²) in [6, 6.07) is 33.7. The van der Waals surface area contributed by atoms with E-state index < -0.39 is 47.1 Å². The number of hydrogen-bond acceptors (Lipinski definition) is 8. The molecule has 8 aliphatic rings. The molecular formula is C78H90Cl2F4N12O4. The molecule has 4 amide bonds. The number of alkyl halides is 4. The molecule has 16 rings (SSSR count). The van der Waals surface area contributed by atoms with Gasteiger partial charge in [0.2, 0.25) is 0 Å². The van der Waals surface area contributed by atoms with E-state index in [-0.39, 0.29) is 34.0 Å². The number of fused-ring (bicyclic) bond motifs is 20. The number of nitrogens with one attached hydrogen (secondary N) is 4. The molecule has 0 radical (unpaired) electrons. The monoisotopic (exact) mass is 1400 g/mol. The molecule has 4 N–H and O–H groups in total. The van der Waals surface area contributed by atoms with Crippen molar-refractivity contribution in [2.24, 2.45) is 51.9 Å². The standard InChI is InChI=1S/2C20H23F2N3O.2C19H22ClN3O/c2*1-3-6-15-13-9-10-20(15,16-8-5-4-7-12(13)16)23-19(26)14-11-25(2)24-17(14)18(21)22;2*1-3-6-15-13-9-10-19(15,16-8-5-4-7-12(13)16)22-18(24)14-11-21-23(2)17(14)20/h2*4-5,7-8,11,13,15,18H,3,6,9-10H2,1-2H3,(H,23,26);2*4-5,7-8,11,13,15H,3,6,9-10H2,1-2H3,(H,22,24). The van der Waals surface area contributed by atoms with E-state index in [1.54, 1.807) is 40.6 Å². The number of amides is 4. The van der Waals surface area contributed by atoms with Crippen molar-refractivity contribution < 1.29 is 36.7 Å².